The summed E-state index contributed by atoms with van der Waals surface area (Å²) in [6.07, 6.45) is 0.770. The Morgan fingerprint density at radius 1 is 1.67 bits per heavy atom. The van der Waals surface area contributed by atoms with Gasteiger partial charge in [0, 0.05) is 12.0 Å². The number of rotatable bonds is 2. The summed E-state index contributed by atoms with van der Waals surface area (Å²) < 4.78 is 10.3. The van der Waals surface area contributed by atoms with Crippen LogP contribution >= 0.6 is 0 Å². The van der Waals surface area contributed by atoms with Crippen molar-refractivity contribution in [3.8, 4) is 0 Å². The molecule has 12 heavy (non-hydrogen) atoms. The van der Waals surface area contributed by atoms with Gasteiger partial charge in [0.15, 0.2) is 0 Å². The molecular weight excluding hydrogens is 156 g/mol. The van der Waals surface area contributed by atoms with E-state index in [4.69, 9.17) is 9.47 Å². The molecule has 0 radical (unpaired) electrons. The van der Waals surface area contributed by atoms with Crippen LogP contribution in [0.5, 0.6) is 0 Å². The van der Waals surface area contributed by atoms with E-state index in [1.807, 2.05) is 6.92 Å². The zero-order valence-electron chi connectivity index (χ0n) is 7.55. The van der Waals surface area contributed by atoms with Crippen molar-refractivity contribution in [3.05, 3.63) is 12.2 Å². The van der Waals surface area contributed by atoms with Crippen LogP contribution in [0.4, 0.5) is 0 Å². The van der Waals surface area contributed by atoms with Gasteiger partial charge in [-0.15, -0.1) is 0 Å². The minimum atomic E-state index is -0.434. The highest BCUT2D eigenvalue weighted by molar-refractivity contribution is 5.87. The monoisotopic (exact) mass is 170 g/mol. The minimum Gasteiger partial charge on any atom is -0.453 e. The maximum Gasteiger partial charge on any atom is 0.333 e. The predicted molar refractivity (Wildman–Crippen MR) is 44.7 cm³/mol. The van der Waals surface area contributed by atoms with E-state index < -0.39 is 5.60 Å². The zero-order chi connectivity index (χ0) is 9.19. The smallest absolute Gasteiger partial charge is 0.333 e. The van der Waals surface area contributed by atoms with Crippen molar-refractivity contribution in [1.29, 1.82) is 0 Å². The molecule has 1 aliphatic rings. The maximum atomic E-state index is 11.1. The molecule has 0 aromatic heterocycles. The largest absolute Gasteiger partial charge is 0.453 e. The molecule has 0 aliphatic carbocycles. The van der Waals surface area contributed by atoms with Gasteiger partial charge in [-0.05, 0) is 13.8 Å². The van der Waals surface area contributed by atoms with Gasteiger partial charge in [0.2, 0.25) is 0 Å². The molecule has 0 spiro atoms. The normalized spacial score (nSPS) is 28.5. The van der Waals surface area contributed by atoms with Crippen molar-refractivity contribution in [2.75, 3.05) is 13.2 Å². The Kier molecular flexibility index (Phi) is 2.52. The number of carbonyl (C=O) groups is 1. The first-order valence-electron chi connectivity index (χ1n) is 4.00. The van der Waals surface area contributed by atoms with Crippen molar-refractivity contribution >= 4 is 5.97 Å². The van der Waals surface area contributed by atoms with Crippen molar-refractivity contribution in [1.82, 2.24) is 0 Å². The zero-order valence-corrected chi connectivity index (χ0v) is 7.55. The summed E-state index contributed by atoms with van der Waals surface area (Å²) in [6, 6.07) is 0. The van der Waals surface area contributed by atoms with Crippen LogP contribution in [-0.4, -0.2) is 24.8 Å². The lowest BCUT2D eigenvalue weighted by Gasteiger charge is -2.22. The number of ether oxygens (including phenoxy) is 2. The number of hydrogen-bond donors (Lipinski definition) is 0. The highest BCUT2D eigenvalue weighted by Gasteiger charge is 2.33. The first-order chi connectivity index (χ1) is 5.53. The summed E-state index contributed by atoms with van der Waals surface area (Å²) in [4.78, 5) is 11.1. The molecule has 0 aromatic carbocycles. The van der Waals surface area contributed by atoms with Crippen LogP contribution in [-0.2, 0) is 14.3 Å². The van der Waals surface area contributed by atoms with Crippen molar-refractivity contribution < 1.29 is 14.3 Å². The standard InChI is InChI=1S/C9H14O3/c1-7(2)8(10)12-9(3)4-5-11-6-9/h1,4-6H2,2-3H3. The first kappa shape index (κ1) is 9.26. The van der Waals surface area contributed by atoms with Crippen LogP contribution in [0.25, 0.3) is 0 Å². The second-order valence-corrected chi connectivity index (χ2v) is 3.42. The molecule has 0 amide bonds. The Balaban J connectivity index is 2.49. The Morgan fingerprint density at radius 2 is 2.33 bits per heavy atom. The van der Waals surface area contributed by atoms with E-state index in [0.717, 1.165) is 6.42 Å². The molecule has 1 rings (SSSR count). The molecule has 1 atom stereocenters. The highest BCUT2D eigenvalue weighted by atomic mass is 16.6. The third-order valence-corrected chi connectivity index (χ3v) is 1.87. The van der Waals surface area contributed by atoms with Gasteiger partial charge in [-0.1, -0.05) is 6.58 Å². The molecule has 68 valence electrons. The summed E-state index contributed by atoms with van der Waals surface area (Å²) in [5, 5.41) is 0. The third-order valence-electron chi connectivity index (χ3n) is 1.87. The number of hydrogen-bond acceptors (Lipinski definition) is 3. The summed E-state index contributed by atoms with van der Waals surface area (Å²) in [5.74, 6) is -0.331. The average Bonchev–Trinajstić information content (AvgIpc) is 2.35. The van der Waals surface area contributed by atoms with Crippen LogP contribution in [0.2, 0.25) is 0 Å². The fourth-order valence-electron chi connectivity index (χ4n) is 1.04. The Bertz CT molecular complexity index is 202. The summed E-state index contributed by atoms with van der Waals surface area (Å²) in [5.41, 5.74) is -0.00104. The first-order valence-corrected chi connectivity index (χ1v) is 4.00. The molecule has 1 unspecified atom stereocenters. The van der Waals surface area contributed by atoms with Gasteiger partial charge in [-0.3, -0.25) is 0 Å². The molecule has 1 heterocycles. The van der Waals surface area contributed by atoms with Gasteiger partial charge in [0.1, 0.15) is 5.60 Å². The van der Waals surface area contributed by atoms with Crippen LogP contribution in [0, 0.1) is 0 Å². The van der Waals surface area contributed by atoms with E-state index in [9.17, 15) is 4.79 Å². The topological polar surface area (TPSA) is 35.5 Å². The molecule has 0 saturated carbocycles. The van der Waals surface area contributed by atoms with E-state index >= 15 is 0 Å². The molecule has 1 saturated heterocycles. The van der Waals surface area contributed by atoms with Gasteiger partial charge in [-0.2, -0.15) is 0 Å². The quantitative estimate of drug-likeness (QED) is 0.462. The van der Waals surface area contributed by atoms with E-state index in [-0.39, 0.29) is 5.97 Å². The van der Waals surface area contributed by atoms with E-state index in [0.29, 0.717) is 18.8 Å². The molecule has 0 bridgehead atoms. The van der Waals surface area contributed by atoms with Gasteiger partial charge >= 0.3 is 5.97 Å². The van der Waals surface area contributed by atoms with E-state index in [2.05, 4.69) is 6.58 Å². The molecule has 0 aromatic rings. The van der Waals surface area contributed by atoms with Gasteiger partial charge in [0.05, 0.1) is 13.2 Å². The van der Waals surface area contributed by atoms with Crippen LogP contribution < -0.4 is 0 Å². The molecule has 3 heteroatoms. The lowest BCUT2D eigenvalue weighted by molar-refractivity contribution is -0.152. The minimum absolute atomic E-state index is 0.331. The van der Waals surface area contributed by atoms with Crippen molar-refractivity contribution in [2.45, 2.75) is 25.9 Å². The van der Waals surface area contributed by atoms with Crippen LogP contribution in [0.15, 0.2) is 12.2 Å². The Hall–Kier alpha value is -0.830. The fourth-order valence-corrected chi connectivity index (χ4v) is 1.04. The molecule has 0 N–H and O–H groups in total. The van der Waals surface area contributed by atoms with Gasteiger partial charge in [0.25, 0.3) is 0 Å². The van der Waals surface area contributed by atoms with Crippen molar-refractivity contribution in [2.24, 2.45) is 0 Å². The number of carbonyl (C=O) groups excluding carboxylic acids is 1. The fraction of sp³-hybridized carbons (Fsp3) is 0.667. The lowest BCUT2D eigenvalue weighted by Crippen LogP contribution is -2.32. The van der Waals surface area contributed by atoms with E-state index in [1.54, 1.807) is 6.92 Å². The molecule has 1 aliphatic heterocycles. The van der Waals surface area contributed by atoms with Crippen molar-refractivity contribution in [3.63, 3.8) is 0 Å². The summed E-state index contributed by atoms with van der Waals surface area (Å²) in [7, 11) is 0. The molecule has 1 fully saturated rings. The van der Waals surface area contributed by atoms with Crippen LogP contribution in [0.3, 0.4) is 0 Å². The second kappa shape index (κ2) is 3.27. The summed E-state index contributed by atoms with van der Waals surface area (Å²) >= 11 is 0. The van der Waals surface area contributed by atoms with Crippen LogP contribution in [0.1, 0.15) is 20.3 Å². The lowest BCUT2D eigenvalue weighted by atomic mass is 10.1. The molecular formula is C9H14O3. The van der Waals surface area contributed by atoms with E-state index in [1.165, 1.54) is 0 Å². The average molecular weight is 170 g/mol. The molecule has 3 nitrogen and oxygen atoms in total. The predicted octanol–water partition coefficient (Wildman–Crippen LogP) is 1.28. The third kappa shape index (κ3) is 2.08. The Labute approximate surface area is 72.4 Å². The Morgan fingerprint density at radius 3 is 2.75 bits per heavy atom. The SMILES string of the molecule is C=C(C)C(=O)OC1(C)CCOC1. The maximum absolute atomic E-state index is 11.1. The summed E-state index contributed by atoms with van der Waals surface area (Å²) in [6.45, 7) is 8.19. The number of esters is 1. The second-order valence-electron chi connectivity index (χ2n) is 3.42. The van der Waals surface area contributed by atoms with Gasteiger partial charge in [-0.25, -0.2) is 4.79 Å². The van der Waals surface area contributed by atoms with Gasteiger partial charge < -0.3 is 9.47 Å². The highest BCUT2D eigenvalue weighted by Crippen LogP contribution is 2.23.